The molecule has 0 aliphatic carbocycles. The third-order valence-corrected chi connectivity index (χ3v) is 4.11. The zero-order chi connectivity index (χ0) is 14.5. The van der Waals surface area contributed by atoms with Crippen molar-refractivity contribution in [1.29, 1.82) is 0 Å². The van der Waals surface area contributed by atoms with Gasteiger partial charge in [-0.1, -0.05) is 30.5 Å². The predicted molar refractivity (Wildman–Crippen MR) is 83.4 cm³/mol. The summed E-state index contributed by atoms with van der Waals surface area (Å²) >= 11 is 6.25. The number of aliphatic carboxylic acids is 1. The lowest BCUT2D eigenvalue weighted by Crippen LogP contribution is -2.33. The molecule has 1 aliphatic heterocycles. The Bertz CT molecular complexity index is 513. The Morgan fingerprint density at radius 3 is 2.95 bits per heavy atom. The molecule has 1 fully saturated rings. The van der Waals surface area contributed by atoms with Crippen molar-refractivity contribution in [1.82, 2.24) is 0 Å². The highest BCUT2D eigenvalue weighted by Gasteiger charge is 2.20. The average molecular weight is 294 g/mol. The third-order valence-electron chi connectivity index (χ3n) is 3.78. The van der Waals surface area contributed by atoms with E-state index in [9.17, 15) is 4.79 Å². The first-order chi connectivity index (χ1) is 9.59. The molecule has 0 aromatic heterocycles. The summed E-state index contributed by atoms with van der Waals surface area (Å²) in [4.78, 5) is 13.1. The Morgan fingerprint density at radius 1 is 1.40 bits per heavy atom. The lowest BCUT2D eigenvalue weighted by Gasteiger charge is -2.31. The van der Waals surface area contributed by atoms with E-state index >= 15 is 0 Å². The van der Waals surface area contributed by atoms with Gasteiger partial charge in [0.25, 0.3) is 0 Å². The fourth-order valence-electron chi connectivity index (χ4n) is 2.73. The fraction of sp³-hybridized carbons (Fsp3) is 0.438. The van der Waals surface area contributed by atoms with Crippen LogP contribution >= 0.6 is 11.6 Å². The lowest BCUT2D eigenvalue weighted by atomic mass is 10.1. The predicted octanol–water partition coefficient (Wildman–Crippen LogP) is 4.21. The summed E-state index contributed by atoms with van der Waals surface area (Å²) in [5.74, 6) is -0.959. The number of carboxylic acids is 1. The quantitative estimate of drug-likeness (QED) is 0.849. The molecule has 1 atom stereocenters. The number of carbonyl (C=O) groups is 1. The van der Waals surface area contributed by atoms with Gasteiger partial charge in [-0.3, -0.25) is 0 Å². The number of carboxylic acid groups (broad SMARTS) is 1. The molecule has 1 aliphatic rings. The molecule has 1 N–H and O–H groups in total. The Labute approximate surface area is 124 Å². The minimum atomic E-state index is -0.959. The number of hydrogen-bond donors (Lipinski definition) is 1. The van der Waals surface area contributed by atoms with Crippen LogP contribution in [0.3, 0.4) is 0 Å². The van der Waals surface area contributed by atoms with Gasteiger partial charge in [-0.15, -0.1) is 0 Å². The third kappa shape index (κ3) is 3.54. The van der Waals surface area contributed by atoms with E-state index in [2.05, 4.69) is 11.8 Å². The van der Waals surface area contributed by atoms with Crippen molar-refractivity contribution in [3.8, 4) is 0 Å². The van der Waals surface area contributed by atoms with E-state index in [1.165, 1.54) is 19.3 Å². The molecule has 3 nitrogen and oxygen atoms in total. The molecular weight excluding hydrogens is 274 g/mol. The molecule has 1 aromatic carbocycles. The van der Waals surface area contributed by atoms with Gasteiger partial charge in [0, 0.05) is 34.9 Å². The molecular formula is C16H20ClNO2. The summed E-state index contributed by atoms with van der Waals surface area (Å²) in [6.45, 7) is 3.21. The number of anilines is 1. The van der Waals surface area contributed by atoms with Crippen LogP contribution in [-0.4, -0.2) is 23.7 Å². The van der Waals surface area contributed by atoms with Crippen molar-refractivity contribution in [3.05, 3.63) is 34.9 Å². The van der Waals surface area contributed by atoms with Crippen LogP contribution < -0.4 is 4.90 Å². The largest absolute Gasteiger partial charge is 0.478 e. The number of nitrogens with zero attached hydrogens (tertiary/aromatic N) is 1. The fourth-order valence-corrected chi connectivity index (χ4v) is 2.96. The maximum Gasteiger partial charge on any atom is 0.328 e. The summed E-state index contributed by atoms with van der Waals surface area (Å²) in [5.41, 5.74) is 1.83. The molecule has 4 heteroatoms. The van der Waals surface area contributed by atoms with Crippen LogP contribution in [-0.2, 0) is 4.79 Å². The minimum Gasteiger partial charge on any atom is -0.478 e. The average Bonchev–Trinajstić information content (AvgIpc) is 2.61. The minimum absolute atomic E-state index is 0.452. The van der Waals surface area contributed by atoms with Crippen LogP contribution in [0.25, 0.3) is 6.08 Å². The van der Waals surface area contributed by atoms with Crippen molar-refractivity contribution >= 4 is 29.3 Å². The highest BCUT2D eigenvalue weighted by molar-refractivity contribution is 6.32. The molecule has 0 amide bonds. The number of halogens is 1. The normalized spacial score (nSPS) is 20.1. The second-order valence-electron chi connectivity index (χ2n) is 5.24. The van der Waals surface area contributed by atoms with Crippen molar-refractivity contribution in [2.24, 2.45) is 0 Å². The first-order valence-corrected chi connectivity index (χ1v) is 7.43. The van der Waals surface area contributed by atoms with E-state index in [4.69, 9.17) is 16.7 Å². The monoisotopic (exact) mass is 293 g/mol. The SMILES string of the molecule is CC1CCCCCN1c1cccc(Cl)c1C=CC(=O)O. The molecule has 0 saturated carbocycles. The van der Waals surface area contributed by atoms with Crippen molar-refractivity contribution in [2.75, 3.05) is 11.4 Å². The van der Waals surface area contributed by atoms with Crippen LogP contribution in [0, 0.1) is 0 Å². The zero-order valence-corrected chi connectivity index (χ0v) is 12.4. The van der Waals surface area contributed by atoms with E-state index in [0.717, 1.165) is 30.3 Å². The second kappa shape index (κ2) is 6.80. The van der Waals surface area contributed by atoms with Gasteiger partial charge in [0.05, 0.1) is 0 Å². The molecule has 1 unspecified atom stereocenters. The zero-order valence-electron chi connectivity index (χ0n) is 11.7. The molecule has 2 rings (SSSR count). The highest BCUT2D eigenvalue weighted by Crippen LogP contribution is 2.32. The van der Waals surface area contributed by atoms with Crippen molar-refractivity contribution in [3.63, 3.8) is 0 Å². The number of benzene rings is 1. The maximum atomic E-state index is 10.7. The molecule has 1 aromatic rings. The topological polar surface area (TPSA) is 40.5 Å². The van der Waals surface area contributed by atoms with Crippen LogP contribution in [0.15, 0.2) is 24.3 Å². The molecule has 20 heavy (non-hydrogen) atoms. The van der Waals surface area contributed by atoms with E-state index in [0.29, 0.717) is 11.1 Å². The first-order valence-electron chi connectivity index (χ1n) is 7.06. The van der Waals surface area contributed by atoms with E-state index in [1.807, 2.05) is 12.1 Å². The van der Waals surface area contributed by atoms with E-state index in [-0.39, 0.29) is 0 Å². The van der Waals surface area contributed by atoms with Gasteiger partial charge in [0.1, 0.15) is 0 Å². The van der Waals surface area contributed by atoms with Crippen molar-refractivity contribution < 1.29 is 9.90 Å². The van der Waals surface area contributed by atoms with Gasteiger partial charge in [-0.2, -0.15) is 0 Å². The maximum absolute atomic E-state index is 10.7. The summed E-state index contributed by atoms with van der Waals surface area (Å²) in [7, 11) is 0. The smallest absolute Gasteiger partial charge is 0.328 e. The molecule has 108 valence electrons. The Balaban J connectivity index is 2.39. The summed E-state index contributed by atoms with van der Waals surface area (Å²) < 4.78 is 0. The Hall–Kier alpha value is -1.48. The number of hydrogen-bond acceptors (Lipinski definition) is 2. The summed E-state index contributed by atoms with van der Waals surface area (Å²) in [5, 5.41) is 9.41. The molecule has 0 spiro atoms. The summed E-state index contributed by atoms with van der Waals surface area (Å²) in [6, 6.07) is 6.20. The molecule has 0 radical (unpaired) electrons. The first kappa shape index (κ1) is 14.9. The van der Waals surface area contributed by atoms with Crippen LogP contribution in [0.5, 0.6) is 0 Å². The van der Waals surface area contributed by atoms with Gasteiger partial charge in [-0.05, 0) is 38.0 Å². The van der Waals surface area contributed by atoms with Gasteiger partial charge < -0.3 is 10.0 Å². The molecule has 1 heterocycles. The Morgan fingerprint density at radius 2 is 2.20 bits per heavy atom. The second-order valence-corrected chi connectivity index (χ2v) is 5.64. The van der Waals surface area contributed by atoms with Crippen molar-refractivity contribution in [2.45, 2.75) is 38.6 Å². The standard InChI is InChI=1S/C16H20ClNO2/c1-12-6-3-2-4-11-18(12)15-8-5-7-14(17)13(15)9-10-16(19)20/h5,7-10,12H,2-4,6,11H2,1H3,(H,19,20). The lowest BCUT2D eigenvalue weighted by molar-refractivity contribution is -0.131. The Kier molecular flexibility index (Phi) is 5.07. The van der Waals surface area contributed by atoms with Gasteiger partial charge in [-0.25, -0.2) is 4.79 Å². The van der Waals surface area contributed by atoms with E-state index < -0.39 is 5.97 Å². The van der Waals surface area contributed by atoms with Crippen LogP contribution in [0.1, 0.15) is 38.2 Å². The summed E-state index contributed by atoms with van der Waals surface area (Å²) in [6.07, 6.45) is 7.57. The molecule has 0 bridgehead atoms. The van der Waals surface area contributed by atoms with Crippen LogP contribution in [0.4, 0.5) is 5.69 Å². The van der Waals surface area contributed by atoms with E-state index in [1.54, 1.807) is 12.1 Å². The van der Waals surface area contributed by atoms with Gasteiger partial charge in [0.15, 0.2) is 0 Å². The number of rotatable bonds is 3. The van der Waals surface area contributed by atoms with Crippen LogP contribution in [0.2, 0.25) is 5.02 Å². The van der Waals surface area contributed by atoms with Gasteiger partial charge >= 0.3 is 5.97 Å². The molecule has 1 saturated heterocycles. The highest BCUT2D eigenvalue weighted by atomic mass is 35.5. The van der Waals surface area contributed by atoms with Gasteiger partial charge in [0.2, 0.25) is 0 Å².